The number of aromatic amines is 1. The molecule has 2 aromatic heterocycles. The van der Waals surface area contributed by atoms with Crippen LogP contribution in [0.15, 0.2) is 54.9 Å². The molecule has 1 saturated carbocycles. The molecule has 30 heavy (non-hydrogen) atoms. The summed E-state index contributed by atoms with van der Waals surface area (Å²) in [6.45, 7) is 1.01. The monoisotopic (exact) mass is 418 g/mol. The van der Waals surface area contributed by atoms with E-state index in [1.807, 2.05) is 18.3 Å². The van der Waals surface area contributed by atoms with Crippen molar-refractivity contribution in [3.8, 4) is 11.1 Å². The number of anilines is 1. The van der Waals surface area contributed by atoms with Gasteiger partial charge in [-0.2, -0.15) is 5.10 Å². The van der Waals surface area contributed by atoms with Crippen LogP contribution in [0.1, 0.15) is 23.5 Å². The number of carbonyl (C=O) groups excluding carboxylic acids is 1. The zero-order valence-corrected chi connectivity index (χ0v) is 17.8. The lowest BCUT2D eigenvalue weighted by atomic mass is 10.1. The largest absolute Gasteiger partial charge is 0.336 e. The normalized spacial score (nSPS) is 18.1. The average molecular weight is 419 g/mol. The van der Waals surface area contributed by atoms with Gasteiger partial charge in [-0.05, 0) is 35.6 Å². The number of quaternary nitrogens is 1. The van der Waals surface area contributed by atoms with Crippen molar-refractivity contribution in [1.29, 1.82) is 0 Å². The molecule has 2 heterocycles. The van der Waals surface area contributed by atoms with Gasteiger partial charge in [0.05, 0.1) is 30.5 Å². The third-order valence-electron chi connectivity index (χ3n) is 5.54. The van der Waals surface area contributed by atoms with Crippen LogP contribution >= 0.6 is 11.3 Å². The highest BCUT2D eigenvalue weighted by atomic mass is 32.1. The summed E-state index contributed by atoms with van der Waals surface area (Å²) in [5, 5.41) is 10.5. The van der Waals surface area contributed by atoms with Crippen molar-refractivity contribution in [3.63, 3.8) is 0 Å². The lowest BCUT2D eigenvalue weighted by Gasteiger charge is -2.08. The van der Waals surface area contributed by atoms with E-state index in [4.69, 9.17) is 0 Å². The fourth-order valence-corrected chi connectivity index (χ4v) is 4.82. The number of nitrogens with zero attached hydrogens (tertiary/aromatic N) is 2. The first-order chi connectivity index (χ1) is 14.6. The van der Waals surface area contributed by atoms with Crippen molar-refractivity contribution in [1.82, 2.24) is 15.2 Å². The highest BCUT2D eigenvalue weighted by Gasteiger charge is 2.44. The van der Waals surface area contributed by atoms with Crippen molar-refractivity contribution < 1.29 is 9.69 Å². The van der Waals surface area contributed by atoms with Crippen LogP contribution < -0.4 is 10.2 Å². The Morgan fingerprint density at radius 3 is 2.77 bits per heavy atom. The van der Waals surface area contributed by atoms with Gasteiger partial charge in [0.2, 0.25) is 5.91 Å². The predicted octanol–water partition coefficient (Wildman–Crippen LogP) is 3.07. The molecule has 1 aliphatic carbocycles. The van der Waals surface area contributed by atoms with Gasteiger partial charge in [-0.3, -0.25) is 9.89 Å². The molecule has 2 atom stereocenters. The molecular weight excluding hydrogens is 394 g/mol. The van der Waals surface area contributed by atoms with E-state index >= 15 is 0 Å². The summed E-state index contributed by atoms with van der Waals surface area (Å²) in [5.74, 6) is 0.410. The molecule has 0 aliphatic heterocycles. The number of carbonyl (C=O) groups is 1. The van der Waals surface area contributed by atoms with Gasteiger partial charge < -0.3 is 10.2 Å². The number of amides is 1. The number of hydrogen-bond acceptors (Lipinski definition) is 4. The zero-order chi connectivity index (χ0) is 20.7. The summed E-state index contributed by atoms with van der Waals surface area (Å²) >= 11 is 1.51. The molecule has 6 nitrogen and oxygen atoms in total. The van der Waals surface area contributed by atoms with E-state index in [-0.39, 0.29) is 11.8 Å². The standard InChI is InChI=1S/C23H23N5OS/c1-28(2)13-14-3-5-15(6-4-14)18-10-19(18)22(29)27-23-26-20-8-7-16(9-21(20)30-23)17-11-24-25-12-17/h3-9,11-12,18-19H,10,13H2,1-2H3,(H,24,25)(H,26,27,29)/p+1/t18-,19+/m1/s1. The molecular formula is C23H24N5OS+. The van der Waals surface area contributed by atoms with Crippen molar-refractivity contribution in [2.24, 2.45) is 5.92 Å². The number of thiazole rings is 1. The second-order valence-corrected chi connectivity index (χ2v) is 9.28. The summed E-state index contributed by atoms with van der Waals surface area (Å²) in [7, 11) is 4.30. The van der Waals surface area contributed by atoms with E-state index in [1.165, 1.54) is 27.4 Å². The molecule has 0 bridgehead atoms. The van der Waals surface area contributed by atoms with Gasteiger partial charge in [-0.15, -0.1) is 0 Å². The quantitative estimate of drug-likeness (QED) is 0.450. The van der Waals surface area contributed by atoms with Crippen molar-refractivity contribution in [2.75, 3.05) is 19.4 Å². The summed E-state index contributed by atoms with van der Waals surface area (Å²) in [5.41, 5.74) is 5.59. The Kier molecular flexibility index (Phi) is 4.84. The van der Waals surface area contributed by atoms with Crippen LogP contribution in [0.25, 0.3) is 21.3 Å². The van der Waals surface area contributed by atoms with E-state index in [1.54, 1.807) is 6.20 Å². The van der Waals surface area contributed by atoms with E-state index in [0.29, 0.717) is 11.0 Å². The maximum absolute atomic E-state index is 12.7. The minimum atomic E-state index is 0.0313. The zero-order valence-electron chi connectivity index (χ0n) is 17.0. The Balaban J connectivity index is 1.25. The van der Waals surface area contributed by atoms with Crippen LogP contribution in [0.4, 0.5) is 5.13 Å². The van der Waals surface area contributed by atoms with Gasteiger partial charge in [-0.25, -0.2) is 4.98 Å². The van der Waals surface area contributed by atoms with Crippen molar-refractivity contribution in [3.05, 3.63) is 66.0 Å². The van der Waals surface area contributed by atoms with Gasteiger partial charge in [0.25, 0.3) is 0 Å². The SMILES string of the molecule is C[NH+](C)Cc1ccc([C@H]2C[C@@H]2C(=O)Nc2nc3ccc(-c4cn[nH]c4)cc3s2)cc1. The van der Waals surface area contributed by atoms with Crippen molar-refractivity contribution in [2.45, 2.75) is 18.9 Å². The second-order valence-electron chi connectivity index (χ2n) is 8.25. The Labute approximate surface area is 179 Å². The molecule has 4 aromatic rings. The Morgan fingerprint density at radius 2 is 2.03 bits per heavy atom. The molecule has 1 fully saturated rings. The number of benzene rings is 2. The number of fused-ring (bicyclic) bond motifs is 1. The van der Waals surface area contributed by atoms with E-state index in [0.717, 1.165) is 34.3 Å². The van der Waals surface area contributed by atoms with Gasteiger partial charge >= 0.3 is 0 Å². The van der Waals surface area contributed by atoms with Gasteiger partial charge in [0.1, 0.15) is 6.54 Å². The van der Waals surface area contributed by atoms with Gasteiger partial charge in [-0.1, -0.05) is 41.7 Å². The van der Waals surface area contributed by atoms with Crippen LogP contribution in [0.3, 0.4) is 0 Å². The minimum Gasteiger partial charge on any atom is -0.336 e. The van der Waals surface area contributed by atoms with Gasteiger partial charge in [0, 0.05) is 23.2 Å². The van der Waals surface area contributed by atoms with Crippen molar-refractivity contribution >= 4 is 32.6 Å². The molecule has 3 N–H and O–H groups in total. The van der Waals surface area contributed by atoms with Gasteiger partial charge in [0.15, 0.2) is 5.13 Å². The number of H-pyrrole nitrogens is 1. The molecule has 1 amide bonds. The minimum absolute atomic E-state index is 0.0313. The maximum atomic E-state index is 12.7. The van der Waals surface area contributed by atoms with Crippen LogP contribution in [-0.4, -0.2) is 35.2 Å². The van der Waals surface area contributed by atoms with Crippen LogP contribution in [-0.2, 0) is 11.3 Å². The predicted molar refractivity (Wildman–Crippen MR) is 120 cm³/mol. The fraction of sp³-hybridized carbons (Fsp3) is 0.261. The third-order valence-corrected chi connectivity index (χ3v) is 6.48. The van der Waals surface area contributed by atoms with E-state index in [9.17, 15) is 4.79 Å². The third kappa shape index (κ3) is 3.86. The lowest BCUT2D eigenvalue weighted by Crippen LogP contribution is -3.04. The number of aromatic nitrogens is 3. The lowest BCUT2D eigenvalue weighted by molar-refractivity contribution is -0.872. The fourth-order valence-electron chi connectivity index (χ4n) is 3.91. The van der Waals surface area contributed by atoms with Crippen LogP contribution in [0.2, 0.25) is 0 Å². The summed E-state index contributed by atoms with van der Waals surface area (Å²) in [6.07, 6.45) is 4.57. The highest BCUT2D eigenvalue weighted by Crippen LogP contribution is 2.48. The number of nitrogens with one attached hydrogen (secondary N) is 3. The first-order valence-corrected chi connectivity index (χ1v) is 11.0. The molecule has 0 saturated heterocycles. The summed E-state index contributed by atoms with van der Waals surface area (Å²) in [4.78, 5) is 18.7. The molecule has 7 heteroatoms. The number of rotatable bonds is 6. The van der Waals surface area contributed by atoms with Crippen LogP contribution in [0, 0.1) is 5.92 Å². The topological polar surface area (TPSA) is 75.1 Å². The Hall–Kier alpha value is -3.03. The Bertz CT molecular complexity index is 1180. The second kappa shape index (κ2) is 7.66. The molecule has 0 unspecified atom stereocenters. The van der Waals surface area contributed by atoms with E-state index in [2.05, 4.69) is 64.9 Å². The Morgan fingerprint density at radius 1 is 1.20 bits per heavy atom. The molecule has 0 spiro atoms. The van der Waals surface area contributed by atoms with E-state index < -0.39 is 0 Å². The molecule has 152 valence electrons. The summed E-state index contributed by atoms with van der Waals surface area (Å²) in [6, 6.07) is 14.8. The molecule has 0 radical (unpaired) electrons. The highest BCUT2D eigenvalue weighted by molar-refractivity contribution is 7.22. The number of hydrogen-bond donors (Lipinski definition) is 3. The first kappa shape index (κ1) is 19.0. The molecule has 1 aliphatic rings. The summed E-state index contributed by atoms with van der Waals surface area (Å²) < 4.78 is 1.05. The molecule has 2 aromatic carbocycles. The maximum Gasteiger partial charge on any atom is 0.229 e. The first-order valence-electron chi connectivity index (χ1n) is 10.2. The molecule has 5 rings (SSSR count). The smallest absolute Gasteiger partial charge is 0.229 e. The average Bonchev–Trinajstić information content (AvgIpc) is 3.15. The van der Waals surface area contributed by atoms with Crippen LogP contribution in [0.5, 0.6) is 0 Å².